The predicted octanol–water partition coefficient (Wildman–Crippen LogP) is 2.65. The van der Waals surface area contributed by atoms with Crippen LogP contribution in [0.5, 0.6) is 0 Å². The van der Waals surface area contributed by atoms with Gasteiger partial charge < -0.3 is 9.11 Å². The molecule has 0 spiro atoms. The van der Waals surface area contributed by atoms with Crippen LogP contribution in [0.1, 0.15) is 5.56 Å². The van der Waals surface area contributed by atoms with Gasteiger partial charge in [0.25, 0.3) is 0 Å². The summed E-state index contributed by atoms with van der Waals surface area (Å²) < 4.78 is 78.2. The standard InChI is InChI=1S/C9H10F4O3S/c10-8-3-1-7(2-4-8)5-17(14,15,16)6-9(11,12)13/h1-4H,5-6H2,(H2,14,15,16). The third kappa shape index (κ3) is 5.24. The Balaban J connectivity index is 2.92. The average Bonchev–Trinajstić information content (AvgIpc) is 2.02. The van der Waals surface area contributed by atoms with Crippen molar-refractivity contribution in [2.75, 3.05) is 5.75 Å². The van der Waals surface area contributed by atoms with Gasteiger partial charge in [-0.15, -0.1) is 0 Å². The van der Waals surface area contributed by atoms with Crippen LogP contribution in [-0.2, 0) is 15.4 Å². The number of hydrogen-bond acceptors (Lipinski definition) is 1. The summed E-state index contributed by atoms with van der Waals surface area (Å²) in [6, 6.07) is 3.91. The van der Waals surface area contributed by atoms with E-state index in [1.165, 1.54) is 0 Å². The van der Waals surface area contributed by atoms with E-state index in [2.05, 4.69) is 0 Å². The molecular formula is C9H10F4O3S. The minimum Gasteiger partial charge on any atom is -0.307 e. The van der Waals surface area contributed by atoms with E-state index in [9.17, 15) is 21.8 Å². The lowest BCUT2D eigenvalue weighted by molar-refractivity contribution is -0.109. The van der Waals surface area contributed by atoms with Crippen molar-refractivity contribution in [2.45, 2.75) is 11.9 Å². The van der Waals surface area contributed by atoms with Crippen LogP contribution in [0.2, 0.25) is 0 Å². The minimum absolute atomic E-state index is 0.0577. The third-order valence-corrected chi connectivity index (χ3v) is 3.64. The maximum atomic E-state index is 12.5. The summed E-state index contributed by atoms with van der Waals surface area (Å²) in [5, 5.41) is 0. The van der Waals surface area contributed by atoms with E-state index in [1.54, 1.807) is 0 Å². The number of hydrogen-bond donors (Lipinski definition) is 2. The van der Waals surface area contributed by atoms with Crippen LogP contribution in [0.15, 0.2) is 24.3 Å². The Morgan fingerprint density at radius 3 is 2.00 bits per heavy atom. The zero-order valence-electron chi connectivity index (χ0n) is 8.45. The van der Waals surface area contributed by atoms with E-state index in [1.807, 2.05) is 0 Å². The molecule has 98 valence electrons. The zero-order valence-corrected chi connectivity index (χ0v) is 9.26. The van der Waals surface area contributed by atoms with E-state index in [4.69, 9.17) is 9.11 Å². The van der Waals surface area contributed by atoms with Gasteiger partial charge in [0.05, 0.1) is 15.4 Å². The largest absolute Gasteiger partial charge is 0.402 e. The molecule has 0 aromatic heterocycles. The van der Waals surface area contributed by atoms with Gasteiger partial charge in [0.2, 0.25) is 0 Å². The van der Waals surface area contributed by atoms with Crippen LogP contribution < -0.4 is 0 Å². The molecule has 1 aromatic rings. The SMILES string of the molecule is O=S(O)(O)(Cc1ccc(F)cc1)CC(F)(F)F. The Hall–Kier alpha value is -0.990. The van der Waals surface area contributed by atoms with E-state index < -0.39 is 33.1 Å². The molecule has 0 bridgehead atoms. The molecule has 0 atom stereocenters. The Labute approximate surface area is 94.5 Å². The van der Waals surface area contributed by atoms with Crippen molar-refractivity contribution in [3.05, 3.63) is 35.6 Å². The van der Waals surface area contributed by atoms with E-state index in [0.717, 1.165) is 24.3 Å². The van der Waals surface area contributed by atoms with Crippen molar-refractivity contribution in [3.63, 3.8) is 0 Å². The van der Waals surface area contributed by atoms with Gasteiger partial charge in [-0.1, -0.05) is 12.1 Å². The second kappa shape index (κ2) is 4.04. The highest BCUT2D eigenvalue weighted by Crippen LogP contribution is 2.31. The summed E-state index contributed by atoms with van der Waals surface area (Å²) >= 11 is 0. The number of halogens is 4. The van der Waals surface area contributed by atoms with Crippen molar-refractivity contribution in [3.8, 4) is 0 Å². The second-order valence-corrected chi connectivity index (χ2v) is 6.67. The van der Waals surface area contributed by atoms with Crippen molar-refractivity contribution in [2.24, 2.45) is 0 Å². The molecule has 0 unspecified atom stereocenters. The highest BCUT2D eigenvalue weighted by molar-refractivity contribution is 8.09. The van der Waals surface area contributed by atoms with Crippen molar-refractivity contribution in [1.29, 1.82) is 0 Å². The van der Waals surface area contributed by atoms with Crippen LogP contribution >= 0.6 is 0 Å². The van der Waals surface area contributed by atoms with Gasteiger partial charge >= 0.3 is 6.18 Å². The van der Waals surface area contributed by atoms with Crippen molar-refractivity contribution >= 4 is 9.63 Å². The summed E-state index contributed by atoms with van der Waals surface area (Å²) in [6.45, 7) is 0. The van der Waals surface area contributed by atoms with Crippen LogP contribution in [-0.4, -0.2) is 25.2 Å². The molecule has 1 aromatic carbocycles. The average molecular weight is 274 g/mol. The van der Waals surface area contributed by atoms with E-state index in [-0.39, 0.29) is 5.56 Å². The van der Waals surface area contributed by atoms with Crippen molar-refractivity contribution < 1.29 is 30.9 Å². The molecule has 0 fully saturated rings. The molecule has 0 aliphatic carbocycles. The highest BCUT2D eigenvalue weighted by atomic mass is 32.3. The first-order chi connectivity index (χ1) is 7.45. The number of benzene rings is 1. The molecule has 1 rings (SSSR count). The molecule has 0 saturated carbocycles. The molecule has 3 nitrogen and oxygen atoms in total. The first-order valence-corrected chi connectivity index (χ1v) is 6.61. The van der Waals surface area contributed by atoms with Gasteiger partial charge in [-0.2, -0.15) is 13.2 Å². The Morgan fingerprint density at radius 2 is 1.59 bits per heavy atom. The smallest absolute Gasteiger partial charge is 0.307 e. The lowest BCUT2D eigenvalue weighted by atomic mass is 10.2. The van der Waals surface area contributed by atoms with Gasteiger partial charge in [-0.05, 0) is 17.7 Å². The Bertz CT molecular complexity index is 460. The Morgan fingerprint density at radius 1 is 1.12 bits per heavy atom. The summed E-state index contributed by atoms with van der Waals surface area (Å²) in [7, 11) is -5.81. The molecule has 0 aliphatic heterocycles. The van der Waals surface area contributed by atoms with E-state index in [0.29, 0.717) is 0 Å². The fourth-order valence-corrected chi connectivity index (χ4v) is 2.92. The molecular weight excluding hydrogens is 264 g/mol. The van der Waals surface area contributed by atoms with Crippen LogP contribution in [0, 0.1) is 5.82 Å². The molecule has 0 radical (unpaired) electrons. The minimum atomic E-state index is -5.81. The topological polar surface area (TPSA) is 57.5 Å². The monoisotopic (exact) mass is 274 g/mol. The maximum Gasteiger partial charge on any atom is 0.402 e. The fourth-order valence-electron chi connectivity index (χ4n) is 1.30. The second-order valence-electron chi connectivity index (χ2n) is 3.72. The molecule has 17 heavy (non-hydrogen) atoms. The van der Waals surface area contributed by atoms with Gasteiger partial charge in [0.15, 0.2) is 0 Å². The predicted molar refractivity (Wildman–Crippen MR) is 54.4 cm³/mol. The number of alkyl halides is 3. The highest BCUT2D eigenvalue weighted by Gasteiger charge is 2.44. The molecule has 0 saturated heterocycles. The molecule has 0 aliphatic rings. The van der Waals surface area contributed by atoms with Crippen LogP contribution in [0.3, 0.4) is 0 Å². The molecule has 2 N–H and O–H groups in total. The Kier molecular flexibility index (Phi) is 3.34. The first kappa shape index (κ1) is 14.1. The number of rotatable bonds is 3. The lowest BCUT2D eigenvalue weighted by Crippen LogP contribution is -2.43. The van der Waals surface area contributed by atoms with Gasteiger partial charge in [-0.3, -0.25) is 0 Å². The molecule has 8 heteroatoms. The van der Waals surface area contributed by atoms with Gasteiger partial charge in [-0.25, -0.2) is 8.60 Å². The van der Waals surface area contributed by atoms with E-state index >= 15 is 0 Å². The zero-order chi connectivity index (χ0) is 13.3. The molecule has 0 amide bonds. The maximum absolute atomic E-state index is 12.5. The fraction of sp³-hybridized carbons (Fsp3) is 0.333. The quantitative estimate of drug-likeness (QED) is 0.833. The summed E-state index contributed by atoms with van der Waals surface area (Å²) in [5.74, 6) is -3.93. The van der Waals surface area contributed by atoms with Crippen LogP contribution in [0.4, 0.5) is 17.6 Å². The normalized spacial score (nSPS) is 15.3. The van der Waals surface area contributed by atoms with Crippen LogP contribution in [0.25, 0.3) is 0 Å². The summed E-state index contributed by atoms with van der Waals surface area (Å²) in [6.07, 6.45) is -4.97. The van der Waals surface area contributed by atoms with Gasteiger partial charge in [0, 0.05) is 0 Å². The summed E-state index contributed by atoms with van der Waals surface area (Å²) in [4.78, 5) is 0. The first-order valence-electron chi connectivity index (χ1n) is 4.39. The summed E-state index contributed by atoms with van der Waals surface area (Å²) in [5.41, 5.74) is -0.0577. The third-order valence-electron chi connectivity index (χ3n) is 1.82. The molecule has 0 heterocycles. The van der Waals surface area contributed by atoms with Crippen molar-refractivity contribution in [1.82, 2.24) is 0 Å². The van der Waals surface area contributed by atoms with Gasteiger partial charge in [0.1, 0.15) is 11.6 Å². The lowest BCUT2D eigenvalue weighted by Gasteiger charge is -2.31.